The van der Waals surface area contributed by atoms with Crippen molar-refractivity contribution in [1.29, 1.82) is 5.26 Å². The zero-order chi connectivity index (χ0) is 10.9. The monoisotopic (exact) mass is 201 g/mol. The number of nitrogens with zero attached hydrogens (tertiary/aromatic N) is 1. The highest BCUT2D eigenvalue weighted by Crippen LogP contribution is 2.33. The van der Waals surface area contributed by atoms with E-state index in [1.54, 1.807) is 12.1 Å². The fraction of sp³-hybridized carbons (Fsp3) is 0.333. The minimum Gasteiger partial charge on any atom is -0.465 e. The number of benzene rings is 1. The summed E-state index contributed by atoms with van der Waals surface area (Å²) in [6.45, 7) is 2.36. The highest BCUT2D eigenvalue weighted by Gasteiger charge is 2.41. The largest absolute Gasteiger partial charge is 0.465 e. The molecule has 76 valence electrons. The number of nitriles is 1. The van der Waals surface area contributed by atoms with Crippen molar-refractivity contribution in [1.82, 2.24) is 0 Å². The van der Waals surface area contributed by atoms with Crippen LogP contribution < -0.4 is 0 Å². The Labute approximate surface area is 88.3 Å². The van der Waals surface area contributed by atoms with Gasteiger partial charge in [0.05, 0.1) is 23.7 Å². The molecule has 3 heteroatoms. The minimum atomic E-state index is -0.534. The maximum absolute atomic E-state index is 11.6. The molecule has 1 fully saturated rings. The molecule has 1 aliphatic rings. The zero-order valence-corrected chi connectivity index (χ0v) is 8.49. The number of hydrogen-bond acceptors (Lipinski definition) is 3. The van der Waals surface area contributed by atoms with Gasteiger partial charge in [0.2, 0.25) is 0 Å². The van der Waals surface area contributed by atoms with Gasteiger partial charge in [-0.15, -0.1) is 0 Å². The van der Waals surface area contributed by atoms with Crippen molar-refractivity contribution in [2.45, 2.75) is 18.8 Å². The Hall–Kier alpha value is -1.82. The summed E-state index contributed by atoms with van der Waals surface area (Å²) in [6, 6.07) is 9.16. The summed E-state index contributed by atoms with van der Waals surface area (Å²) in [5.41, 5.74) is 0.992. The third-order valence-electron chi connectivity index (χ3n) is 2.94. The molecule has 1 atom stereocenters. The molecule has 1 heterocycles. The first kappa shape index (κ1) is 9.72. The third kappa shape index (κ3) is 1.48. The standard InChI is InChI=1S/C12H11NO2/c1-12(6-7-15-11(12)14)10-4-2-9(8-13)3-5-10/h2-5H,6-7H2,1H3. The molecular weight excluding hydrogens is 190 g/mol. The van der Waals surface area contributed by atoms with Gasteiger partial charge >= 0.3 is 5.97 Å². The van der Waals surface area contributed by atoms with Gasteiger partial charge in [-0.25, -0.2) is 0 Å². The van der Waals surface area contributed by atoms with Crippen LogP contribution in [0.2, 0.25) is 0 Å². The second kappa shape index (κ2) is 3.39. The van der Waals surface area contributed by atoms with E-state index in [1.165, 1.54) is 0 Å². The number of cyclic esters (lactones) is 1. The van der Waals surface area contributed by atoms with Crippen molar-refractivity contribution in [3.63, 3.8) is 0 Å². The predicted molar refractivity (Wildman–Crippen MR) is 54.1 cm³/mol. The number of ether oxygens (including phenoxy) is 1. The van der Waals surface area contributed by atoms with E-state index in [0.717, 1.165) is 5.56 Å². The molecule has 0 radical (unpaired) electrons. The van der Waals surface area contributed by atoms with Crippen LogP contribution >= 0.6 is 0 Å². The van der Waals surface area contributed by atoms with Gasteiger partial charge in [-0.2, -0.15) is 5.26 Å². The van der Waals surface area contributed by atoms with Gasteiger partial charge in [-0.1, -0.05) is 12.1 Å². The number of carbonyl (C=O) groups excluding carboxylic acids is 1. The Morgan fingerprint density at radius 3 is 2.53 bits per heavy atom. The minimum absolute atomic E-state index is 0.174. The molecule has 0 bridgehead atoms. The van der Waals surface area contributed by atoms with Crippen LogP contribution in [0.4, 0.5) is 0 Å². The van der Waals surface area contributed by atoms with Crippen LogP contribution in [-0.4, -0.2) is 12.6 Å². The van der Waals surface area contributed by atoms with E-state index in [2.05, 4.69) is 6.07 Å². The van der Waals surface area contributed by atoms with Crippen molar-refractivity contribution < 1.29 is 9.53 Å². The quantitative estimate of drug-likeness (QED) is 0.650. The lowest BCUT2D eigenvalue weighted by Crippen LogP contribution is -2.27. The van der Waals surface area contributed by atoms with Gasteiger partial charge in [-0.05, 0) is 24.6 Å². The summed E-state index contributed by atoms with van der Waals surface area (Å²) in [5.74, 6) is -0.174. The van der Waals surface area contributed by atoms with Gasteiger partial charge in [0.25, 0.3) is 0 Å². The normalized spacial score (nSPS) is 24.7. The molecule has 0 saturated carbocycles. The van der Waals surface area contributed by atoms with Gasteiger partial charge in [0, 0.05) is 6.42 Å². The molecule has 0 aliphatic carbocycles. The van der Waals surface area contributed by atoms with E-state index in [4.69, 9.17) is 10.00 Å². The second-order valence-electron chi connectivity index (χ2n) is 3.91. The lowest BCUT2D eigenvalue weighted by Gasteiger charge is -2.18. The maximum atomic E-state index is 11.6. The number of hydrogen-bond donors (Lipinski definition) is 0. The Morgan fingerprint density at radius 2 is 2.07 bits per heavy atom. The maximum Gasteiger partial charge on any atom is 0.316 e. The van der Waals surface area contributed by atoms with Crippen molar-refractivity contribution in [3.8, 4) is 6.07 Å². The van der Waals surface area contributed by atoms with Gasteiger partial charge in [0.15, 0.2) is 0 Å². The highest BCUT2D eigenvalue weighted by molar-refractivity contribution is 5.84. The molecule has 1 unspecified atom stereocenters. The van der Waals surface area contributed by atoms with Gasteiger partial charge < -0.3 is 4.74 Å². The lowest BCUT2D eigenvalue weighted by molar-refractivity contribution is -0.142. The molecule has 3 nitrogen and oxygen atoms in total. The van der Waals surface area contributed by atoms with Crippen LogP contribution in [0.3, 0.4) is 0 Å². The highest BCUT2D eigenvalue weighted by atomic mass is 16.5. The van der Waals surface area contributed by atoms with E-state index in [0.29, 0.717) is 18.6 Å². The molecule has 0 aromatic heterocycles. The molecule has 1 saturated heterocycles. The van der Waals surface area contributed by atoms with Crippen LogP contribution in [0, 0.1) is 11.3 Å². The Kier molecular flexibility index (Phi) is 2.20. The smallest absolute Gasteiger partial charge is 0.316 e. The SMILES string of the molecule is CC1(c2ccc(C#N)cc2)CCOC1=O. The first-order valence-corrected chi connectivity index (χ1v) is 4.85. The van der Waals surface area contributed by atoms with E-state index >= 15 is 0 Å². The third-order valence-corrected chi connectivity index (χ3v) is 2.94. The summed E-state index contributed by atoms with van der Waals surface area (Å²) >= 11 is 0. The molecule has 1 aromatic carbocycles. The molecular formula is C12H11NO2. The van der Waals surface area contributed by atoms with Crippen molar-refractivity contribution in [2.75, 3.05) is 6.61 Å². The first-order valence-electron chi connectivity index (χ1n) is 4.85. The van der Waals surface area contributed by atoms with Crippen LogP contribution in [0.1, 0.15) is 24.5 Å². The zero-order valence-electron chi connectivity index (χ0n) is 8.49. The first-order chi connectivity index (χ1) is 7.16. The van der Waals surface area contributed by atoms with Crippen LogP contribution in [0.5, 0.6) is 0 Å². The summed E-state index contributed by atoms with van der Waals surface area (Å²) in [5, 5.41) is 8.67. The van der Waals surface area contributed by atoms with E-state index in [1.807, 2.05) is 19.1 Å². The number of rotatable bonds is 1. The molecule has 1 aliphatic heterocycles. The van der Waals surface area contributed by atoms with Gasteiger partial charge in [0.1, 0.15) is 0 Å². The Morgan fingerprint density at radius 1 is 1.40 bits per heavy atom. The summed E-state index contributed by atoms with van der Waals surface area (Å²) in [6.07, 6.45) is 0.706. The van der Waals surface area contributed by atoms with Crippen LogP contribution in [0.25, 0.3) is 0 Å². The molecule has 2 rings (SSSR count). The van der Waals surface area contributed by atoms with E-state index < -0.39 is 5.41 Å². The van der Waals surface area contributed by atoms with Crippen LogP contribution in [-0.2, 0) is 14.9 Å². The van der Waals surface area contributed by atoms with Crippen molar-refractivity contribution in [2.24, 2.45) is 0 Å². The van der Waals surface area contributed by atoms with E-state index in [9.17, 15) is 4.79 Å². The summed E-state index contributed by atoms with van der Waals surface area (Å²) in [4.78, 5) is 11.6. The average Bonchev–Trinajstić information content (AvgIpc) is 2.61. The fourth-order valence-electron chi connectivity index (χ4n) is 1.78. The Bertz CT molecular complexity index is 430. The molecule has 0 amide bonds. The molecule has 1 aromatic rings. The molecule has 0 N–H and O–H groups in total. The molecule has 15 heavy (non-hydrogen) atoms. The molecule has 0 spiro atoms. The fourth-order valence-corrected chi connectivity index (χ4v) is 1.78. The average molecular weight is 201 g/mol. The van der Waals surface area contributed by atoms with Crippen molar-refractivity contribution in [3.05, 3.63) is 35.4 Å². The van der Waals surface area contributed by atoms with E-state index in [-0.39, 0.29) is 5.97 Å². The van der Waals surface area contributed by atoms with Crippen molar-refractivity contribution >= 4 is 5.97 Å². The lowest BCUT2D eigenvalue weighted by atomic mass is 9.81. The number of esters is 1. The van der Waals surface area contributed by atoms with Crippen LogP contribution in [0.15, 0.2) is 24.3 Å². The van der Waals surface area contributed by atoms with Gasteiger partial charge in [-0.3, -0.25) is 4.79 Å². The second-order valence-corrected chi connectivity index (χ2v) is 3.91. The summed E-state index contributed by atoms with van der Waals surface area (Å²) < 4.78 is 4.98. The summed E-state index contributed by atoms with van der Waals surface area (Å²) in [7, 11) is 0. The predicted octanol–water partition coefficient (Wildman–Crippen LogP) is 1.76. The Balaban J connectivity index is 2.37. The topological polar surface area (TPSA) is 50.1 Å². The number of carbonyl (C=O) groups is 1.